The molecule has 0 aliphatic heterocycles. The maximum Gasteiger partial charge on any atom is 0.235 e. The Hall–Kier alpha value is -1.58. The first-order valence-electron chi connectivity index (χ1n) is 6.53. The lowest BCUT2D eigenvalue weighted by Crippen LogP contribution is -1.95. The van der Waals surface area contributed by atoms with E-state index in [-0.39, 0.29) is 0 Å². The molecule has 6 nitrogen and oxygen atoms in total. The molecule has 0 amide bonds. The van der Waals surface area contributed by atoms with Gasteiger partial charge in [0.25, 0.3) is 0 Å². The molecule has 0 fully saturated rings. The second-order valence-corrected chi connectivity index (χ2v) is 8.32. The van der Waals surface area contributed by atoms with Gasteiger partial charge in [0.05, 0.1) is 19.9 Å². The van der Waals surface area contributed by atoms with Crippen molar-refractivity contribution in [2.45, 2.75) is 13.8 Å². The van der Waals surface area contributed by atoms with Crippen molar-refractivity contribution >= 4 is 43.6 Å². The molecule has 22 heavy (non-hydrogen) atoms. The smallest absolute Gasteiger partial charge is 0.235 e. The summed E-state index contributed by atoms with van der Waals surface area (Å²) in [5, 5.41) is 18.6. The van der Waals surface area contributed by atoms with Crippen molar-refractivity contribution in [2.75, 3.05) is 0 Å². The number of rotatable bonds is 2. The number of hydrogen-bond donors (Lipinski definition) is 0. The first-order chi connectivity index (χ1) is 10.5. The van der Waals surface area contributed by atoms with Gasteiger partial charge in [0.15, 0.2) is 10.8 Å². The van der Waals surface area contributed by atoms with E-state index in [1.165, 1.54) is 11.3 Å². The first kappa shape index (κ1) is 14.0. The molecule has 0 aliphatic rings. The lowest BCUT2D eigenvalue weighted by molar-refractivity contribution is 0.731. The fraction of sp³-hybridized carbons (Fsp3) is 0.231. The van der Waals surface area contributed by atoms with E-state index in [4.69, 9.17) is 0 Å². The fourth-order valence-corrected chi connectivity index (χ4v) is 4.67. The van der Waals surface area contributed by atoms with E-state index in [1.807, 2.05) is 36.2 Å². The summed E-state index contributed by atoms with van der Waals surface area (Å²) in [6.07, 6.45) is 0. The summed E-state index contributed by atoms with van der Waals surface area (Å²) < 4.78 is 4.76. The molecule has 0 aromatic carbocycles. The van der Waals surface area contributed by atoms with Crippen LogP contribution in [0.25, 0.3) is 26.2 Å². The largest absolute Gasteiger partial charge is 0.272 e. The predicted molar refractivity (Wildman–Crippen MR) is 91.3 cm³/mol. The summed E-state index contributed by atoms with van der Waals surface area (Å²) in [6.45, 7) is 4.01. The molecule has 4 rings (SSSR count). The number of aryl methyl sites for hydroxylation is 2. The molecule has 112 valence electrons. The first-order valence-corrected chi connectivity index (χ1v) is 8.95. The topological polar surface area (TPSA) is 60.9 Å². The van der Waals surface area contributed by atoms with Gasteiger partial charge in [0, 0.05) is 12.7 Å². The molecule has 0 radical (unpaired) electrons. The van der Waals surface area contributed by atoms with Gasteiger partial charge in [-0.1, -0.05) is 11.3 Å². The Balaban J connectivity index is 1.91. The van der Waals surface area contributed by atoms with E-state index in [1.54, 1.807) is 11.3 Å². The van der Waals surface area contributed by atoms with E-state index in [9.17, 15) is 0 Å². The van der Waals surface area contributed by atoms with E-state index < -0.39 is 0 Å². The van der Waals surface area contributed by atoms with E-state index in [2.05, 4.69) is 42.4 Å². The second-order valence-electron chi connectivity index (χ2n) is 4.90. The van der Waals surface area contributed by atoms with Crippen LogP contribution in [0.15, 0.2) is 15.9 Å². The Morgan fingerprint density at radius 2 is 1.91 bits per heavy atom. The summed E-state index contributed by atoms with van der Waals surface area (Å²) >= 11 is 6.68. The van der Waals surface area contributed by atoms with Gasteiger partial charge in [0.1, 0.15) is 0 Å². The number of hydrogen-bond acceptors (Lipinski definition) is 6. The standard InChI is InChI=1S/C13H11BrN6S2/c1-6-10(7(2)19(3)17-6)11-15-16-13-20(11)18-12(22-13)8-4-5-9(14)21-8/h4-5H,1-3H3. The average molecular weight is 395 g/mol. The third-order valence-corrected chi connectivity index (χ3v) is 6.20. The highest BCUT2D eigenvalue weighted by Crippen LogP contribution is 2.35. The number of thiophene rings is 1. The Bertz CT molecular complexity index is 992. The molecule has 0 spiro atoms. The van der Waals surface area contributed by atoms with Crippen LogP contribution in [0.2, 0.25) is 0 Å². The second kappa shape index (κ2) is 4.97. The van der Waals surface area contributed by atoms with E-state index in [0.717, 1.165) is 41.4 Å². The van der Waals surface area contributed by atoms with Crippen LogP contribution >= 0.6 is 38.6 Å². The van der Waals surface area contributed by atoms with Crippen molar-refractivity contribution in [3.8, 4) is 21.3 Å². The van der Waals surface area contributed by atoms with Crippen LogP contribution in [0.1, 0.15) is 11.4 Å². The quantitative estimate of drug-likeness (QED) is 0.519. The molecule has 9 heteroatoms. The molecule has 0 saturated heterocycles. The highest BCUT2D eigenvalue weighted by molar-refractivity contribution is 9.11. The maximum atomic E-state index is 4.69. The minimum atomic E-state index is 0.747. The molecule has 4 aromatic rings. The van der Waals surface area contributed by atoms with Gasteiger partial charge in [-0.05, 0) is 41.9 Å². The molecular formula is C13H11BrN6S2. The predicted octanol–water partition coefficient (Wildman–Crippen LogP) is 3.69. The fourth-order valence-electron chi connectivity index (χ4n) is 2.40. The summed E-state index contributed by atoms with van der Waals surface area (Å²) in [4.78, 5) is 1.91. The number of halogens is 1. The van der Waals surface area contributed by atoms with Crippen molar-refractivity contribution < 1.29 is 0 Å². The summed E-state index contributed by atoms with van der Waals surface area (Å²) in [5.41, 5.74) is 2.99. The van der Waals surface area contributed by atoms with Gasteiger partial charge in [-0.25, -0.2) is 0 Å². The monoisotopic (exact) mass is 394 g/mol. The Labute approximate surface area is 142 Å². The average Bonchev–Trinajstić information content (AvgIpc) is 3.18. The van der Waals surface area contributed by atoms with Crippen molar-refractivity contribution in [3.05, 3.63) is 27.3 Å². The van der Waals surface area contributed by atoms with Crippen molar-refractivity contribution in [3.63, 3.8) is 0 Å². The molecule has 0 saturated carbocycles. The molecule has 0 bridgehead atoms. The molecule has 4 aromatic heterocycles. The van der Waals surface area contributed by atoms with Gasteiger partial charge in [-0.15, -0.1) is 21.5 Å². The molecular weight excluding hydrogens is 384 g/mol. The van der Waals surface area contributed by atoms with Crippen LogP contribution in [-0.2, 0) is 7.05 Å². The highest BCUT2D eigenvalue weighted by Gasteiger charge is 2.20. The van der Waals surface area contributed by atoms with Crippen LogP contribution in [0.4, 0.5) is 0 Å². The normalized spacial score (nSPS) is 11.6. The van der Waals surface area contributed by atoms with Crippen LogP contribution in [0.3, 0.4) is 0 Å². The molecule has 0 aliphatic carbocycles. The lowest BCUT2D eigenvalue weighted by Gasteiger charge is -1.97. The number of aromatic nitrogens is 6. The van der Waals surface area contributed by atoms with Gasteiger partial charge in [-0.3, -0.25) is 4.68 Å². The van der Waals surface area contributed by atoms with Gasteiger partial charge >= 0.3 is 0 Å². The van der Waals surface area contributed by atoms with Crippen molar-refractivity contribution in [1.29, 1.82) is 0 Å². The van der Waals surface area contributed by atoms with Gasteiger partial charge in [0.2, 0.25) is 4.96 Å². The Morgan fingerprint density at radius 3 is 2.55 bits per heavy atom. The van der Waals surface area contributed by atoms with Crippen molar-refractivity contribution in [2.24, 2.45) is 7.05 Å². The van der Waals surface area contributed by atoms with Gasteiger partial charge in [-0.2, -0.15) is 14.7 Å². The van der Waals surface area contributed by atoms with E-state index >= 15 is 0 Å². The summed E-state index contributed by atoms with van der Waals surface area (Å²) in [7, 11) is 1.93. The summed E-state index contributed by atoms with van der Waals surface area (Å²) in [5.74, 6) is 0.747. The molecule has 0 N–H and O–H groups in total. The number of fused-ring (bicyclic) bond motifs is 1. The molecule has 4 heterocycles. The van der Waals surface area contributed by atoms with Crippen molar-refractivity contribution in [1.82, 2.24) is 29.6 Å². The Kier molecular flexibility index (Phi) is 3.17. The third kappa shape index (κ3) is 2.03. The lowest BCUT2D eigenvalue weighted by atomic mass is 10.2. The zero-order valence-corrected chi connectivity index (χ0v) is 15.3. The van der Waals surface area contributed by atoms with Crippen LogP contribution in [0, 0.1) is 13.8 Å². The minimum Gasteiger partial charge on any atom is -0.272 e. The molecule has 0 unspecified atom stereocenters. The van der Waals surface area contributed by atoms with Crippen LogP contribution in [-0.4, -0.2) is 29.6 Å². The molecule has 0 atom stereocenters. The Morgan fingerprint density at radius 1 is 1.09 bits per heavy atom. The third-order valence-electron chi connectivity index (χ3n) is 3.51. The summed E-state index contributed by atoms with van der Waals surface area (Å²) in [6, 6.07) is 4.08. The zero-order chi connectivity index (χ0) is 15.4. The van der Waals surface area contributed by atoms with Gasteiger partial charge < -0.3 is 0 Å². The highest BCUT2D eigenvalue weighted by atomic mass is 79.9. The van der Waals surface area contributed by atoms with Crippen LogP contribution < -0.4 is 0 Å². The van der Waals surface area contributed by atoms with E-state index in [0.29, 0.717) is 0 Å². The zero-order valence-electron chi connectivity index (χ0n) is 12.0. The maximum absolute atomic E-state index is 4.69. The minimum absolute atomic E-state index is 0.747. The SMILES string of the molecule is Cc1nn(C)c(C)c1-c1nnc2sc(-c3ccc(Br)s3)nn12. The number of nitrogens with zero attached hydrogens (tertiary/aromatic N) is 6. The van der Waals surface area contributed by atoms with Crippen LogP contribution in [0.5, 0.6) is 0 Å².